The van der Waals surface area contributed by atoms with E-state index in [9.17, 15) is 14.4 Å². The summed E-state index contributed by atoms with van der Waals surface area (Å²) in [6.45, 7) is 0. The number of imide groups is 1. The number of hydrogen-bond donors (Lipinski definition) is 1. The molecule has 0 aromatic heterocycles. The van der Waals surface area contributed by atoms with E-state index in [0.717, 1.165) is 31.0 Å². The highest BCUT2D eigenvalue weighted by atomic mass is 35.5. The third kappa shape index (κ3) is 5.58. The van der Waals surface area contributed by atoms with Crippen molar-refractivity contribution in [3.05, 3.63) is 58.0 Å². The Morgan fingerprint density at radius 3 is 2.93 bits per heavy atom. The Bertz CT molecular complexity index is 860. The lowest BCUT2D eigenvalue weighted by molar-refractivity contribution is -0.134. The lowest BCUT2D eigenvalue weighted by atomic mass is 9.98. The van der Waals surface area contributed by atoms with Gasteiger partial charge in [0.05, 0.1) is 9.93 Å². The van der Waals surface area contributed by atoms with Crippen LogP contribution in [0.2, 0.25) is 5.02 Å². The molecule has 0 spiro atoms. The van der Waals surface area contributed by atoms with E-state index in [1.165, 1.54) is 12.1 Å². The highest BCUT2D eigenvalue weighted by Gasteiger charge is 2.25. The number of ether oxygens (including phenoxy) is 1. The number of halogens is 1. The third-order valence-corrected chi connectivity index (χ3v) is 5.32. The first-order chi connectivity index (χ1) is 13.0. The summed E-state index contributed by atoms with van der Waals surface area (Å²) in [7, 11) is 0. The Morgan fingerprint density at radius 1 is 1.33 bits per heavy atom. The molecule has 5 nitrogen and oxygen atoms in total. The molecule has 2 amide bonds. The van der Waals surface area contributed by atoms with E-state index >= 15 is 0 Å². The van der Waals surface area contributed by atoms with Gasteiger partial charge in [-0.2, -0.15) is 0 Å². The highest BCUT2D eigenvalue weighted by Crippen LogP contribution is 2.30. The smallest absolute Gasteiger partial charge is 0.311 e. The summed E-state index contributed by atoms with van der Waals surface area (Å²) in [6, 6.07) is 4.79. The number of carbonyl (C=O) groups is 3. The van der Waals surface area contributed by atoms with Crippen molar-refractivity contribution in [1.29, 1.82) is 0 Å². The molecule has 1 aliphatic heterocycles. The topological polar surface area (TPSA) is 72.5 Å². The average Bonchev–Trinajstić information content (AvgIpc) is 2.82. The maximum absolute atomic E-state index is 12.1. The zero-order chi connectivity index (χ0) is 19.2. The van der Waals surface area contributed by atoms with Gasteiger partial charge in [-0.3, -0.25) is 19.7 Å². The number of allylic oxidation sites excluding steroid dienone is 4. The minimum absolute atomic E-state index is 0.276. The molecule has 1 aliphatic carbocycles. The second kappa shape index (κ2) is 9.06. The largest absolute Gasteiger partial charge is 0.426 e. The molecule has 1 aromatic rings. The third-order valence-electron chi connectivity index (χ3n) is 4.19. The molecule has 1 N–H and O–H groups in total. The van der Waals surface area contributed by atoms with Gasteiger partial charge in [0, 0.05) is 12.5 Å². The van der Waals surface area contributed by atoms with Crippen LogP contribution in [0.5, 0.6) is 5.75 Å². The molecule has 0 saturated carbocycles. The molecule has 27 heavy (non-hydrogen) atoms. The van der Waals surface area contributed by atoms with Crippen LogP contribution in [0.25, 0.3) is 6.08 Å². The van der Waals surface area contributed by atoms with Gasteiger partial charge in [-0.05, 0) is 60.7 Å². The first-order valence-electron chi connectivity index (χ1n) is 8.59. The van der Waals surface area contributed by atoms with Crippen molar-refractivity contribution in [1.82, 2.24) is 5.32 Å². The number of thioether (sulfide) groups is 1. The van der Waals surface area contributed by atoms with Crippen LogP contribution in [0, 0.1) is 5.92 Å². The fourth-order valence-electron chi connectivity index (χ4n) is 2.78. The minimum Gasteiger partial charge on any atom is -0.426 e. The summed E-state index contributed by atoms with van der Waals surface area (Å²) in [5, 5.41) is 2.11. The summed E-state index contributed by atoms with van der Waals surface area (Å²) in [5.41, 5.74) is 0.569. The number of benzene rings is 1. The van der Waals surface area contributed by atoms with E-state index in [1.807, 2.05) is 12.2 Å². The maximum atomic E-state index is 12.1. The fraction of sp³-hybridized carbons (Fsp3) is 0.250. The van der Waals surface area contributed by atoms with E-state index in [2.05, 4.69) is 17.5 Å². The number of hydrogen-bond acceptors (Lipinski definition) is 5. The van der Waals surface area contributed by atoms with Gasteiger partial charge in [0.1, 0.15) is 5.75 Å². The number of nitrogens with one attached hydrogen (secondary N) is 1. The molecule has 140 valence electrons. The Balaban J connectivity index is 1.57. The van der Waals surface area contributed by atoms with Crippen molar-refractivity contribution < 1.29 is 19.1 Å². The Kier molecular flexibility index (Phi) is 6.53. The molecule has 0 radical (unpaired) electrons. The van der Waals surface area contributed by atoms with Crippen molar-refractivity contribution in [2.24, 2.45) is 5.92 Å². The predicted molar refractivity (Wildman–Crippen MR) is 106 cm³/mol. The van der Waals surface area contributed by atoms with Crippen LogP contribution >= 0.6 is 23.4 Å². The molecule has 7 heteroatoms. The van der Waals surface area contributed by atoms with Crippen molar-refractivity contribution in [3.8, 4) is 5.75 Å². The zero-order valence-electron chi connectivity index (χ0n) is 14.4. The number of carbonyl (C=O) groups excluding carboxylic acids is 3. The minimum atomic E-state index is -0.445. The number of rotatable bonds is 5. The lowest BCUT2D eigenvalue weighted by Crippen LogP contribution is -2.17. The standard InChI is InChI=1S/C20H18ClNO4S/c21-16-12-15(9-8-14(16)11-17-19(24)22-20(25)27-17)26-18(23)10-7-13-5-3-1-2-4-6-13/h1-3,5,8-9,11-13H,4,6-7,10H2,(H,22,24,25)/b17-11-. The van der Waals surface area contributed by atoms with Crippen LogP contribution in [-0.2, 0) is 9.59 Å². The molecule has 1 heterocycles. The summed E-state index contributed by atoms with van der Waals surface area (Å²) in [5.74, 6) is -0.0221. The molecule has 1 fully saturated rings. The quantitative estimate of drug-likeness (QED) is 0.431. The molecule has 3 rings (SSSR count). The fourth-order valence-corrected chi connectivity index (χ4v) is 3.68. The lowest BCUT2D eigenvalue weighted by Gasteiger charge is -2.10. The summed E-state index contributed by atoms with van der Waals surface area (Å²) >= 11 is 7.04. The number of amides is 2. The molecule has 1 aromatic carbocycles. The molecular weight excluding hydrogens is 386 g/mol. The highest BCUT2D eigenvalue weighted by molar-refractivity contribution is 8.18. The summed E-state index contributed by atoms with van der Waals surface area (Å²) < 4.78 is 5.36. The van der Waals surface area contributed by atoms with Crippen molar-refractivity contribution in [2.75, 3.05) is 0 Å². The Labute approximate surface area is 166 Å². The average molecular weight is 404 g/mol. The van der Waals surface area contributed by atoms with Crippen LogP contribution in [-0.4, -0.2) is 17.1 Å². The second-order valence-corrected chi connectivity index (χ2v) is 7.62. The Morgan fingerprint density at radius 2 is 2.19 bits per heavy atom. The van der Waals surface area contributed by atoms with E-state index in [1.54, 1.807) is 12.1 Å². The summed E-state index contributed by atoms with van der Waals surface area (Å²) in [6.07, 6.45) is 12.9. The van der Waals surface area contributed by atoms with Crippen LogP contribution in [0.15, 0.2) is 47.4 Å². The van der Waals surface area contributed by atoms with Crippen molar-refractivity contribution >= 4 is 46.6 Å². The molecular formula is C20H18ClNO4S. The SMILES string of the molecule is O=C(CCC1C=CC=CCC1)Oc1ccc(/C=C2\SC(=O)NC2=O)c(Cl)c1. The van der Waals surface area contributed by atoms with Crippen LogP contribution < -0.4 is 10.1 Å². The van der Waals surface area contributed by atoms with Gasteiger partial charge in [-0.15, -0.1) is 0 Å². The molecule has 1 unspecified atom stereocenters. The van der Waals surface area contributed by atoms with Crippen LogP contribution in [0.1, 0.15) is 31.2 Å². The van der Waals surface area contributed by atoms with E-state index in [-0.39, 0.29) is 10.9 Å². The maximum Gasteiger partial charge on any atom is 0.311 e. The Hall–Kier alpha value is -2.31. The van der Waals surface area contributed by atoms with Gasteiger partial charge < -0.3 is 4.74 Å². The monoisotopic (exact) mass is 403 g/mol. The van der Waals surface area contributed by atoms with Gasteiger partial charge in [-0.1, -0.05) is 35.9 Å². The van der Waals surface area contributed by atoms with Gasteiger partial charge in [0.15, 0.2) is 0 Å². The van der Waals surface area contributed by atoms with E-state index in [0.29, 0.717) is 28.7 Å². The van der Waals surface area contributed by atoms with E-state index < -0.39 is 11.1 Å². The van der Waals surface area contributed by atoms with Crippen LogP contribution in [0.3, 0.4) is 0 Å². The first kappa shape index (κ1) is 19.5. The van der Waals surface area contributed by atoms with Crippen LogP contribution in [0.4, 0.5) is 4.79 Å². The molecule has 1 atom stereocenters. The predicted octanol–water partition coefficient (Wildman–Crippen LogP) is 4.87. The van der Waals surface area contributed by atoms with Gasteiger partial charge in [-0.25, -0.2) is 0 Å². The molecule has 2 aliphatic rings. The van der Waals surface area contributed by atoms with Gasteiger partial charge in [0.2, 0.25) is 0 Å². The van der Waals surface area contributed by atoms with Gasteiger partial charge >= 0.3 is 5.97 Å². The second-order valence-electron chi connectivity index (χ2n) is 6.20. The normalized spacial score (nSPS) is 20.6. The molecule has 1 saturated heterocycles. The van der Waals surface area contributed by atoms with Gasteiger partial charge in [0.25, 0.3) is 11.1 Å². The van der Waals surface area contributed by atoms with E-state index in [4.69, 9.17) is 16.3 Å². The zero-order valence-corrected chi connectivity index (χ0v) is 16.0. The van der Waals surface area contributed by atoms with Crippen molar-refractivity contribution in [3.63, 3.8) is 0 Å². The van der Waals surface area contributed by atoms with Crippen molar-refractivity contribution in [2.45, 2.75) is 25.7 Å². The first-order valence-corrected chi connectivity index (χ1v) is 9.79. The molecule has 0 bridgehead atoms. The summed E-state index contributed by atoms with van der Waals surface area (Å²) in [4.78, 5) is 35.2. The number of esters is 1.